The van der Waals surface area contributed by atoms with E-state index >= 15 is 0 Å². The van der Waals surface area contributed by atoms with E-state index in [4.69, 9.17) is 4.52 Å². The van der Waals surface area contributed by atoms with E-state index in [1.165, 1.54) is 6.42 Å². The van der Waals surface area contributed by atoms with Gasteiger partial charge in [0, 0.05) is 5.92 Å². The summed E-state index contributed by atoms with van der Waals surface area (Å²) in [6.07, 6.45) is 4.66. The lowest BCUT2D eigenvalue weighted by Crippen LogP contribution is -2.48. The van der Waals surface area contributed by atoms with Gasteiger partial charge in [0.2, 0.25) is 5.89 Å². The van der Waals surface area contributed by atoms with E-state index in [0.29, 0.717) is 12.3 Å². The molecule has 20 heavy (non-hydrogen) atoms. The predicted molar refractivity (Wildman–Crippen MR) is 78.5 cm³/mol. The lowest BCUT2D eigenvalue weighted by molar-refractivity contribution is -0.0926. The highest BCUT2D eigenvalue weighted by molar-refractivity contribution is 5.02. The Kier molecular flexibility index (Phi) is 4.24. The van der Waals surface area contributed by atoms with Crippen molar-refractivity contribution in [2.45, 2.75) is 78.2 Å². The average Bonchev–Trinajstić information content (AvgIpc) is 2.75. The van der Waals surface area contributed by atoms with Crippen molar-refractivity contribution in [1.82, 2.24) is 10.1 Å². The van der Waals surface area contributed by atoms with Gasteiger partial charge in [-0.3, -0.25) is 0 Å². The molecule has 0 spiro atoms. The van der Waals surface area contributed by atoms with Crippen LogP contribution in [0.3, 0.4) is 0 Å². The second-order valence-corrected chi connectivity index (χ2v) is 7.65. The molecule has 0 aliphatic heterocycles. The van der Waals surface area contributed by atoms with Crippen LogP contribution >= 0.6 is 0 Å². The highest BCUT2D eigenvalue weighted by Gasteiger charge is 2.45. The highest BCUT2D eigenvalue weighted by Crippen LogP contribution is 2.45. The van der Waals surface area contributed by atoms with Gasteiger partial charge in [-0.25, -0.2) is 0 Å². The first-order valence-electron chi connectivity index (χ1n) is 7.77. The number of nitrogens with zero attached hydrogens (tertiary/aromatic N) is 2. The molecule has 1 saturated carbocycles. The minimum Gasteiger partial charge on any atom is -0.389 e. The van der Waals surface area contributed by atoms with Crippen molar-refractivity contribution < 1.29 is 9.63 Å². The van der Waals surface area contributed by atoms with Gasteiger partial charge in [0.1, 0.15) is 0 Å². The molecule has 0 radical (unpaired) electrons. The molecule has 114 valence electrons. The van der Waals surface area contributed by atoms with E-state index < -0.39 is 5.60 Å². The van der Waals surface area contributed by atoms with Crippen molar-refractivity contribution in [1.29, 1.82) is 0 Å². The zero-order chi connectivity index (χ0) is 15.0. The zero-order valence-corrected chi connectivity index (χ0v) is 13.4. The first-order chi connectivity index (χ1) is 9.22. The Hall–Kier alpha value is -0.900. The van der Waals surface area contributed by atoms with Gasteiger partial charge < -0.3 is 9.63 Å². The Morgan fingerprint density at radius 3 is 2.60 bits per heavy atom. The molecule has 0 aromatic carbocycles. The first kappa shape index (κ1) is 15.5. The molecule has 2 atom stereocenters. The lowest BCUT2D eigenvalue weighted by atomic mass is 9.63. The summed E-state index contributed by atoms with van der Waals surface area (Å²) in [6, 6.07) is 0. The topological polar surface area (TPSA) is 59.2 Å². The minimum atomic E-state index is -0.711. The largest absolute Gasteiger partial charge is 0.389 e. The van der Waals surface area contributed by atoms with Crippen LogP contribution in [0.5, 0.6) is 0 Å². The third-order valence-corrected chi connectivity index (χ3v) is 4.50. The molecule has 0 saturated heterocycles. The van der Waals surface area contributed by atoms with Crippen molar-refractivity contribution in [2.24, 2.45) is 11.3 Å². The van der Waals surface area contributed by atoms with Crippen LogP contribution in [0.15, 0.2) is 4.52 Å². The quantitative estimate of drug-likeness (QED) is 0.917. The van der Waals surface area contributed by atoms with E-state index in [1.807, 2.05) is 13.8 Å². The molecule has 0 unspecified atom stereocenters. The SMILES string of the molecule is CC(C)c1noc(C[C@@]2(O)CCCC[C@@H]2C(C)(C)C)n1. The van der Waals surface area contributed by atoms with Gasteiger partial charge in [-0.15, -0.1) is 0 Å². The van der Waals surface area contributed by atoms with Crippen LogP contribution < -0.4 is 0 Å². The third kappa shape index (κ3) is 3.22. The number of hydrogen-bond donors (Lipinski definition) is 1. The van der Waals surface area contributed by atoms with Gasteiger partial charge in [0.05, 0.1) is 12.0 Å². The maximum atomic E-state index is 11.1. The molecular formula is C16H28N2O2. The van der Waals surface area contributed by atoms with Gasteiger partial charge in [-0.1, -0.05) is 52.6 Å². The van der Waals surface area contributed by atoms with Crippen LogP contribution in [0.2, 0.25) is 0 Å². The molecule has 2 rings (SSSR count). The fraction of sp³-hybridized carbons (Fsp3) is 0.875. The molecule has 1 heterocycles. The summed E-state index contributed by atoms with van der Waals surface area (Å²) in [5.74, 6) is 1.84. The van der Waals surface area contributed by atoms with Crippen molar-refractivity contribution in [3.05, 3.63) is 11.7 Å². The van der Waals surface area contributed by atoms with E-state index in [9.17, 15) is 5.11 Å². The van der Waals surface area contributed by atoms with Crippen molar-refractivity contribution in [3.8, 4) is 0 Å². The maximum absolute atomic E-state index is 11.1. The van der Waals surface area contributed by atoms with Gasteiger partial charge in [0.15, 0.2) is 5.82 Å². The number of hydrogen-bond acceptors (Lipinski definition) is 4. The fourth-order valence-corrected chi connectivity index (χ4v) is 3.51. The summed E-state index contributed by atoms with van der Waals surface area (Å²) >= 11 is 0. The van der Waals surface area contributed by atoms with Crippen LogP contribution in [0.25, 0.3) is 0 Å². The molecule has 1 aromatic rings. The van der Waals surface area contributed by atoms with Crippen molar-refractivity contribution >= 4 is 0 Å². The van der Waals surface area contributed by atoms with E-state index in [1.54, 1.807) is 0 Å². The Labute approximate surface area is 122 Å². The van der Waals surface area contributed by atoms with Gasteiger partial charge >= 0.3 is 0 Å². The van der Waals surface area contributed by atoms with Gasteiger partial charge in [-0.05, 0) is 24.2 Å². The van der Waals surface area contributed by atoms with Crippen molar-refractivity contribution in [3.63, 3.8) is 0 Å². The number of rotatable bonds is 3. The van der Waals surface area contributed by atoms with E-state index in [0.717, 1.165) is 25.1 Å². The Morgan fingerprint density at radius 1 is 1.35 bits per heavy atom. The zero-order valence-electron chi connectivity index (χ0n) is 13.4. The smallest absolute Gasteiger partial charge is 0.229 e. The van der Waals surface area contributed by atoms with E-state index in [2.05, 4.69) is 30.9 Å². The van der Waals surface area contributed by atoms with Crippen LogP contribution in [0.1, 0.15) is 77.9 Å². The van der Waals surface area contributed by atoms with E-state index in [-0.39, 0.29) is 17.3 Å². The Bertz CT molecular complexity index is 448. The van der Waals surface area contributed by atoms with Crippen LogP contribution in [0.4, 0.5) is 0 Å². The van der Waals surface area contributed by atoms with Gasteiger partial charge in [0.25, 0.3) is 0 Å². The summed E-state index contributed by atoms with van der Waals surface area (Å²) in [5, 5.41) is 15.1. The summed E-state index contributed by atoms with van der Waals surface area (Å²) in [5.41, 5.74) is -0.618. The second-order valence-electron chi connectivity index (χ2n) is 7.65. The molecule has 1 aromatic heterocycles. The summed E-state index contributed by atoms with van der Waals surface area (Å²) in [7, 11) is 0. The standard InChI is InChI=1S/C16H28N2O2/c1-11(2)14-17-13(20-18-14)10-16(19)9-7-6-8-12(16)15(3,4)5/h11-12,19H,6-10H2,1-5H3/t12-,16+/m1/s1. The monoisotopic (exact) mass is 280 g/mol. The van der Waals surface area contributed by atoms with Crippen LogP contribution in [-0.4, -0.2) is 20.8 Å². The molecule has 4 nitrogen and oxygen atoms in total. The maximum Gasteiger partial charge on any atom is 0.229 e. The predicted octanol–water partition coefficient (Wildman–Crippen LogP) is 3.70. The normalized spacial score (nSPS) is 28.1. The average molecular weight is 280 g/mol. The lowest BCUT2D eigenvalue weighted by Gasteiger charge is -2.46. The van der Waals surface area contributed by atoms with Crippen LogP contribution in [0, 0.1) is 11.3 Å². The van der Waals surface area contributed by atoms with Crippen LogP contribution in [-0.2, 0) is 6.42 Å². The van der Waals surface area contributed by atoms with Crippen molar-refractivity contribution in [2.75, 3.05) is 0 Å². The fourth-order valence-electron chi connectivity index (χ4n) is 3.51. The second kappa shape index (κ2) is 5.47. The molecule has 0 bridgehead atoms. The van der Waals surface area contributed by atoms with Gasteiger partial charge in [-0.2, -0.15) is 4.98 Å². The molecule has 1 aliphatic carbocycles. The third-order valence-electron chi connectivity index (χ3n) is 4.50. The number of aliphatic hydroxyl groups is 1. The Morgan fingerprint density at radius 2 is 2.05 bits per heavy atom. The summed E-state index contributed by atoms with van der Waals surface area (Å²) in [6.45, 7) is 10.7. The molecule has 1 N–H and O–H groups in total. The molecule has 4 heteroatoms. The molecule has 1 fully saturated rings. The molecule has 1 aliphatic rings. The minimum absolute atomic E-state index is 0.0933. The molecule has 0 amide bonds. The molecular weight excluding hydrogens is 252 g/mol. The summed E-state index contributed by atoms with van der Waals surface area (Å²) < 4.78 is 5.33. The first-order valence-corrected chi connectivity index (χ1v) is 7.77. The Balaban J connectivity index is 2.18. The number of aromatic nitrogens is 2. The summed E-state index contributed by atoms with van der Waals surface area (Å²) in [4.78, 5) is 4.43. The highest BCUT2D eigenvalue weighted by atomic mass is 16.5.